The number of carbonyl (C=O) groups is 1. The number of hydrogen-bond donors (Lipinski definition) is 2. The van der Waals surface area contributed by atoms with Gasteiger partial charge in [0, 0.05) is 14.1 Å². The molecule has 0 fully saturated rings. The van der Waals surface area contributed by atoms with Crippen molar-refractivity contribution in [2.24, 2.45) is 0 Å². The Balaban J connectivity index is 1.96. The first-order valence-corrected chi connectivity index (χ1v) is 7.14. The maximum absolute atomic E-state index is 11.6. The predicted molar refractivity (Wildman–Crippen MR) is 78.8 cm³/mol. The molecule has 0 aliphatic heterocycles. The second-order valence-corrected chi connectivity index (χ2v) is 5.85. The number of hydrazine groups is 1. The number of nitrogens with one attached hydrogen (secondary N) is 2. The summed E-state index contributed by atoms with van der Waals surface area (Å²) in [4.78, 5) is 19.4. The van der Waals surface area contributed by atoms with Gasteiger partial charge in [0.05, 0.1) is 22.0 Å². The molecule has 0 spiro atoms. The molecule has 0 unspecified atom stereocenters. The third-order valence-corrected chi connectivity index (χ3v) is 3.76. The SMILES string of the molecule is C[C@@H](SCC(=O)NN(C)C)c1nc2ccccc2[nH]1. The van der Waals surface area contributed by atoms with E-state index in [1.807, 2.05) is 31.2 Å². The third-order valence-electron chi connectivity index (χ3n) is 2.61. The Morgan fingerprint density at radius 3 is 2.89 bits per heavy atom. The Kier molecular flexibility index (Phi) is 4.44. The van der Waals surface area contributed by atoms with E-state index in [0.29, 0.717) is 5.75 Å². The number of thioether (sulfide) groups is 1. The lowest BCUT2D eigenvalue weighted by atomic mass is 10.3. The molecule has 1 heterocycles. The van der Waals surface area contributed by atoms with Gasteiger partial charge in [0.15, 0.2) is 0 Å². The van der Waals surface area contributed by atoms with E-state index in [0.717, 1.165) is 16.9 Å². The van der Waals surface area contributed by atoms with Crippen LogP contribution in [-0.2, 0) is 4.79 Å². The molecule has 0 radical (unpaired) electrons. The van der Waals surface area contributed by atoms with Crippen LogP contribution in [-0.4, -0.2) is 40.7 Å². The minimum Gasteiger partial charge on any atom is -0.341 e. The Labute approximate surface area is 116 Å². The zero-order chi connectivity index (χ0) is 13.8. The Bertz CT molecular complexity index is 534. The number of nitrogens with zero attached hydrogens (tertiary/aromatic N) is 2. The molecule has 0 aliphatic carbocycles. The topological polar surface area (TPSA) is 61.0 Å². The maximum Gasteiger partial charge on any atom is 0.244 e. The molecule has 1 atom stereocenters. The summed E-state index contributed by atoms with van der Waals surface area (Å²) in [6.45, 7) is 2.05. The van der Waals surface area contributed by atoms with Gasteiger partial charge in [-0.3, -0.25) is 10.2 Å². The number of H-pyrrole nitrogens is 1. The number of aromatic nitrogens is 2. The van der Waals surface area contributed by atoms with E-state index < -0.39 is 0 Å². The van der Waals surface area contributed by atoms with Crippen LogP contribution >= 0.6 is 11.8 Å². The van der Waals surface area contributed by atoms with E-state index in [9.17, 15) is 4.79 Å². The number of fused-ring (bicyclic) bond motifs is 1. The fourth-order valence-corrected chi connectivity index (χ4v) is 2.46. The van der Waals surface area contributed by atoms with Gasteiger partial charge < -0.3 is 4.98 Å². The highest BCUT2D eigenvalue weighted by Crippen LogP contribution is 2.27. The van der Waals surface area contributed by atoms with Crippen molar-refractivity contribution in [1.82, 2.24) is 20.4 Å². The number of imidazole rings is 1. The minimum absolute atomic E-state index is 0.00189. The Morgan fingerprint density at radius 1 is 1.47 bits per heavy atom. The Morgan fingerprint density at radius 2 is 2.21 bits per heavy atom. The van der Waals surface area contributed by atoms with Crippen LogP contribution in [0, 0.1) is 0 Å². The predicted octanol–water partition coefficient (Wildman–Crippen LogP) is 1.95. The number of para-hydroxylation sites is 2. The molecule has 19 heavy (non-hydrogen) atoms. The minimum atomic E-state index is -0.00189. The summed E-state index contributed by atoms with van der Waals surface area (Å²) in [5.74, 6) is 1.32. The summed E-state index contributed by atoms with van der Waals surface area (Å²) in [6.07, 6.45) is 0. The van der Waals surface area contributed by atoms with Gasteiger partial charge in [-0.05, 0) is 19.1 Å². The number of amides is 1. The zero-order valence-electron chi connectivity index (χ0n) is 11.3. The van der Waals surface area contributed by atoms with Crippen LogP contribution in [0.25, 0.3) is 11.0 Å². The monoisotopic (exact) mass is 278 g/mol. The van der Waals surface area contributed by atoms with Crippen LogP contribution in [0.1, 0.15) is 18.0 Å². The number of carbonyl (C=O) groups excluding carboxylic acids is 1. The molecule has 2 N–H and O–H groups in total. The number of aromatic amines is 1. The van der Waals surface area contributed by atoms with Crippen molar-refractivity contribution < 1.29 is 4.79 Å². The highest BCUT2D eigenvalue weighted by Gasteiger charge is 2.13. The van der Waals surface area contributed by atoms with Crippen LogP contribution < -0.4 is 5.43 Å². The Hall–Kier alpha value is -1.53. The molecular weight excluding hydrogens is 260 g/mol. The lowest BCUT2D eigenvalue weighted by Crippen LogP contribution is -2.37. The van der Waals surface area contributed by atoms with E-state index in [2.05, 4.69) is 15.4 Å². The maximum atomic E-state index is 11.6. The van der Waals surface area contributed by atoms with Crippen LogP contribution in [0.5, 0.6) is 0 Å². The van der Waals surface area contributed by atoms with Crippen molar-refractivity contribution in [3.05, 3.63) is 30.1 Å². The smallest absolute Gasteiger partial charge is 0.244 e. The first-order chi connectivity index (χ1) is 9.06. The van der Waals surface area contributed by atoms with E-state index in [-0.39, 0.29) is 11.2 Å². The van der Waals surface area contributed by atoms with Gasteiger partial charge in [-0.1, -0.05) is 12.1 Å². The van der Waals surface area contributed by atoms with Crippen LogP contribution in [0.4, 0.5) is 0 Å². The molecule has 0 aliphatic rings. The molecule has 0 saturated carbocycles. The number of hydrogen-bond acceptors (Lipinski definition) is 4. The second-order valence-electron chi connectivity index (χ2n) is 4.52. The average Bonchev–Trinajstić information content (AvgIpc) is 2.78. The number of benzene rings is 1. The summed E-state index contributed by atoms with van der Waals surface area (Å²) in [7, 11) is 3.59. The van der Waals surface area contributed by atoms with Gasteiger partial charge in [-0.15, -0.1) is 11.8 Å². The summed E-state index contributed by atoms with van der Waals surface area (Å²) in [5.41, 5.74) is 4.71. The molecule has 2 aromatic rings. The lowest BCUT2D eigenvalue weighted by Gasteiger charge is -2.13. The second kappa shape index (κ2) is 6.08. The zero-order valence-corrected chi connectivity index (χ0v) is 12.1. The average molecular weight is 278 g/mol. The highest BCUT2D eigenvalue weighted by molar-refractivity contribution is 8.00. The summed E-state index contributed by atoms with van der Waals surface area (Å²) in [5, 5.41) is 1.80. The van der Waals surface area contributed by atoms with Gasteiger partial charge in [0.1, 0.15) is 5.82 Å². The van der Waals surface area contributed by atoms with Crippen LogP contribution in [0.2, 0.25) is 0 Å². The summed E-state index contributed by atoms with van der Waals surface area (Å²) < 4.78 is 0. The van der Waals surface area contributed by atoms with Gasteiger partial charge in [-0.25, -0.2) is 9.99 Å². The number of rotatable bonds is 5. The van der Waals surface area contributed by atoms with Crippen molar-refractivity contribution in [2.45, 2.75) is 12.2 Å². The van der Waals surface area contributed by atoms with E-state index in [4.69, 9.17) is 0 Å². The van der Waals surface area contributed by atoms with Gasteiger partial charge in [0.25, 0.3) is 0 Å². The molecule has 1 aromatic carbocycles. The normalized spacial score (nSPS) is 12.8. The van der Waals surface area contributed by atoms with E-state index >= 15 is 0 Å². The first-order valence-electron chi connectivity index (χ1n) is 6.09. The van der Waals surface area contributed by atoms with E-state index in [1.165, 1.54) is 0 Å². The van der Waals surface area contributed by atoms with Crippen LogP contribution in [0.3, 0.4) is 0 Å². The molecule has 0 saturated heterocycles. The van der Waals surface area contributed by atoms with Crippen molar-refractivity contribution in [1.29, 1.82) is 0 Å². The van der Waals surface area contributed by atoms with Gasteiger partial charge >= 0.3 is 0 Å². The van der Waals surface area contributed by atoms with Crippen LogP contribution in [0.15, 0.2) is 24.3 Å². The standard InChI is InChI=1S/C13H18N4OS/c1-9(19-8-12(18)16-17(2)3)13-14-10-6-4-5-7-11(10)15-13/h4-7,9H,8H2,1-3H3,(H,14,15)(H,16,18)/t9-/m1/s1. The fraction of sp³-hybridized carbons (Fsp3) is 0.385. The molecule has 5 nitrogen and oxygen atoms in total. The lowest BCUT2D eigenvalue weighted by molar-refractivity contribution is -0.122. The fourth-order valence-electron chi connectivity index (χ4n) is 1.73. The third kappa shape index (κ3) is 3.71. The van der Waals surface area contributed by atoms with Gasteiger partial charge in [0.2, 0.25) is 5.91 Å². The first kappa shape index (κ1) is 13.9. The van der Waals surface area contributed by atoms with E-state index in [1.54, 1.807) is 30.9 Å². The molecule has 0 bridgehead atoms. The summed E-state index contributed by atoms with van der Waals surface area (Å²) in [6, 6.07) is 7.93. The van der Waals surface area contributed by atoms with Crippen molar-refractivity contribution in [2.75, 3.05) is 19.8 Å². The molecule has 102 valence electrons. The molecule has 1 amide bonds. The molecule has 1 aromatic heterocycles. The quantitative estimate of drug-likeness (QED) is 0.821. The molecular formula is C13H18N4OS. The largest absolute Gasteiger partial charge is 0.341 e. The summed E-state index contributed by atoms with van der Waals surface area (Å²) >= 11 is 1.56. The highest BCUT2D eigenvalue weighted by atomic mass is 32.2. The van der Waals surface area contributed by atoms with Crippen molar-refractivity contribution in [3.63, 3.8) is 0 Å². The van der Waals surface area contributed by atoms with Crippen molar-refractivity contribution in [3.8, 4) is 0 Å². The molecule has 6 heteroatoms. The van der Waals surface area contributed by atoms with Crippen molar-refractivity contribution >= 4 is 28.7 Å². The van der Waals surface area contributed by atoms with Gasteiger partial charge in [-0.2, -0.15) is 0 Å². The molecule has 2 rings (SSSR count).